The van der Waals surface area contributed by atoms with Crippen LogP contribution in [0.1, 0.15) is 0 Å². The molecule has 3 aromatic rings. The molecule has 1 aromatic heterocycles. The third-order valence-electron chi connectivity index (χ3n) is 2.93. The molecule has 3 rings (SSSR count). The van der Waals surface area contributed by atoms with Crippen LogP contribution in [0.25, 0.3) is 11.1 Å². The number of rotatable bonds is 6. The predicted octanol–water partition coefficient (Wildman–Crippen LogP) is 4.01. The van der Waals surface area contributed by atoms with Crippen molar-refractivity contribution in [3.05, 3.63) is 53.6 Å². The van der Waals surface area contributed by atoms with Gasteiger partial charge in [-0.3, -0.25) is 0 Å². The lowest BCUT2D eigenvalue weighted by Gasteiger charge is -2.11. The van der Waals surface area contributed by atoms with Crippen molar-refractivity contribution in [1.29, 1.82) is 0 Å². The Morgan fingerprint density at radius 1 is 1.18 bits per heavy atom. The summed E-state index contributed by atoms with van der Waals surface area (Å²) in [6.07, 6.45) is -0.615. The first-order valence-corrected chi connectivity index (χ1v) is 8.12. The normalized spacial score (nSPS) is 12.5. The number of ether oxygens (including phenoxy) is 1. The van der Waals surface area contributed by atoms with E-state index in [0.29, 0.717) is 21.7 Å². The second-order valence-electron chi connectivity index (χ2n) is 4.68. The van der Waals surface area contributed by atoms with E-state index in [2.05, 4.69) is 4.98 Å². The maximum absolute atomic E-state index is 9.96. The molecular weight excluding hydrogens is 322 g/mol. The summed E-state index contributed by atoms with van der Waals surface area (Å²) in [5, 5.41) is 11.2. The summed E-state index contributed by atoms with van der Waals surface area (Å²) in [6, 6.07) is 14.6. The zero-order valence-electron chi connectivity index (χ0n) is 11.6. The molecule has 0 amide bonds. The van der Waals surface area contributed by atoms with Crippen LogP contribution in [-0.2, 0) is 0 Å². The van der Waals surface area contributed by atoms with Gasteiger partial charge in [0.15, 0.2) is 5.58 Å². The van der Waals surface area contributed by atoms with Crippen molar-refractivity contribution in [2.75, 3.05) is 12.4 Å². The molecule has 1 atom stereocenters. The Kier molecular flexibility index (Phi) is 4.87. The first-order valence-electron chi connectivity index (χ1n) is 6.75. The Labute approximate surface area is 137 Å². The van der Waals surface area contributed by atoms with Gasteiger partial charge in [0.05, 0.1) is 6.10 Å². The van der Waals surface area contributed by atoms with Crippen LogP contribution >= 0.6 is 23.4 Å². The van der Waals surface area contributed by atoms with Gasteiger partial charge in [-0.15, -0.1) is 0 Å². The molecule has 1 N–H and O–H groups in total. The van der Waals surface area contributed by atoms with Gasteiger partial charge in [0.1, 0.15) is 17.9 Å². The fourth-order valence-corrected chi connectivity index (χ4v) is 2.72. The van der Waals surface area contributed by atoms with E-state index in [1.165, 1.54) is 11.8 Å². The summed E-state index contributed by atoms with van der Waals surface area (Å²) in [6.45, 7) is 0.203. The fourth-order valence-electron chi connectivity index (χ4n) is 1.85. The minimum absolute atomic E-state index is 0.203. The Balaban J connectivity index is 1.49. The van der Waals surface area contributed by atoms with Crippen LogP contribution in [-0.4, -0.2) is 28.6 Å². The third-order valence-corrected chi connectivity index (χ3v) is 4.15. The smallest absolute Gasteiger partial charge is 0.256 e. The zero-order valence-corrected chi connectivity index (χ0v) is 13.2. The van der Waals surface area contributed by atoms with Crippen LogP contribution in [0.5, 0.6) is 5.75 Å². The number of halogens is 1. The lowest BCUT2D eigenvalue weighted by molar-refractivity contribution is 0.126. The quantitative estimate of drug-likeness (QED) is 0.690. The van der Waals surface area contributed by atoms with Gasteiger partial charge in [-0.1, -0.05) is 35.5 Å². The highest BCUT2D eigenvalue weighted by Gasteiger charge is 2.10. The molecule has 6 heteroatoms. The number of hydrogen-bond acceptors (Lipinski definition) is 5. The average Bonchev–Trinajstić information content (AvgIpc) is 2.95. The summed E-state index contributed by atoms with van der Waals surface area (Å²) in [7, 11) is 0. The highest BCUT2D eigenvalue weighted by atomic mass is 35.5. The van der Waals surface area contributed by atoms with Gasteiger partial charge in [0.25, 0.3) is 5.22 Å². The molecule has 0 aliphatic heterocycles. The molecule has 0 aliphatic rings. The van der Waals surface area contributed by atoms with Crippen LogP contribution in [0.2, 0.25) is 5.02 Å². The molecule has 0 aliphatic carbocycles. The van der Waals surface area contributed by atoms with Crippen molar-refractivity contribution in [2.45, 2.75) is 11.3 Å². The Hall–Kier alpha value is -1.69. The van der Waals surface area contributed by atoms with E-state index in [9.17, 15) is 5.11 Å². The molecule has 2 aromatic carbocycles. The molecule has 0 fully saturated rings. The first-order chi connectivity index (χ1) is 10.7. The minimum atomic E-state index is -0.615. The molecule has 1 heterocycles. The molecule has 1 unspecified atom stereocenters. The van der Waals surface area contributed by atoms with E-state index in [1.807, 2.05) is 24.3 Å². The van der Waals surface area contributed by atoms with Crippen LogP contribution in [0.15, 0.2) is 58.2 Å². The summed E-state index contributed by atoms with van der Waals surface area (Å²) < 4.78 is 11.1. The number of benzene rings is 2. The summed E-state index contributed by atoms with van der Waals surface area (Å²) in [5.74, 6) is 1.12. The monoisotopic (exact) mass is 335 g/mol. The average molecular weight is 336 g/mol. The predicted molar refractivity (Wildman–Crippen MR) is 87.7 cm³/mol. The number of aromatic nitrogens is 1. The Morgan fingerprint density at radius 2 is 1.95 bits per heavy atom. The van der Waals surface area contributed by atoms with Crippen molar-refractivity contribution >= 4 is 34.5 Å². The SMILES string of the molecule is OC(COc1ccc(Cl)cc1)CSc1nc2ccccc2o1. The Bertz CT molecular complexity index is 711. The van der Waals surface area contributed by atoms with Crippen molar-refractivity contribution in [1.82, 2.24) is 4.98 Å². The summed E-state index contributed by atoms with van der Waals surface area (Å²) in [5.41, 5.74) is 1.56. The fraction of sp³-hybridized carbons (Fsp3) is 0.188. The first kappa shape index (κ1) is 15.2. The number of aliphatic hydroxyl groups is 1. The molecule has 0 saturated heterocycles. The maximum atomic E-state index is 9.96. The number of aliphatic hydroxyl groups excluding tert-OH is 1. The van der Waals surface area contributed by atoms with Crippen LogP contribution in [0, 0.1) is 0 Å². The third kappa shape index (κ3) is 3.94. The number of hydrogen-bond donors (Lipinski definition) is 1. The number of para-hydroxylation sites is 2. The maximum Gasteiger partial charge on any atom is 0.256 e. The second kappa shape index (κ2) is 7.05. The van der Waals surface area contributed by atoms with Crippen molar-refractivity contribution < 1.29 is 14.3 Å². The van der Waals surface area contributed by atoms with Crippen LogP contribution < -0.4 is 4.74 Å². The van der Waals surface area contributed by atoms with Gasteiger partial charge in [-0.25, -0.2) is 4.98 Å². The number of fused-ring (bicyclic) bond motifs is 1. The molecule has 22 heavy (non-hydrogen) atoms. The van der Waals surface area contributed by atoms with E-state index in [-0.39, 0.29) is 6.61 Å². The topological polar surface area (TPSA) is 55.5 Å². The van der Waals surface area contributed by atoms with Crippen molar-refractivity contribution in [2.24, 2.45) is 0 Å². The summed E-state index contributed by atoms with van der Waals surface area (Å²) in [4.78, 5) is 4.34. The van der Waals surface area contributed by atoms with E-state index < -0.39 is 6.10 Å². The zero-order chi connectivity index (χ0) is 15.4. The van der Waals surface area contributed by atoms with E-state index in [4.69, 9.17) is 20.8 Å². The molecule has 0 spiro atoms. The number of thioether (sulfide) groups is 1. The molecule has 0 saturated carbocycles. The second-order valence-corrected chi connectivity index (χ2v) is 6.08. The van der Waals surface area contributed by atoms with Gasteiger partial charge >= 0.3 is 0 Å². The van der Waals surface area contributed by atoms with Gasteiger partial charge in [-0.05, 0) is 36.4 Å². The highest BCUT2D eigenvalue weighted by Crippen LogP contribution is 2.24. The van der Waals surface area contributed by atoms with Gasteiger partial charge in [0.2, 0.25) is 0 Å². The molecule has 0 radical (unpaired) electrons. The van der Waals surface area contributed by atoms with Gasteiger partial charge in [-0.2, -0.15) is 0 Å². The summed E-state index contributed by atoms with van der Waals surface area (Å²) >= 11 is 7.16. The standard InChI is InChI=1S/C16H14ClNO3S/c17-11-5-7-13(8-6-11)20-9-12(19)10-22-16-18-14-3-1-2-4-15(14)21-16/h1-8,12,19H,9-10H2. The molecule has 4 nitrogen and oxygen atoms in total. The molecule has 0 bridgehead atoms. The number of nitrogens with zero attached hydrogens (tertiary/aromatic N) is 1. The van der Waals surface area contributed by atoms with Gasteiger partial charge in [0, 0.05) is 10.8 Å². The molecular formula is C16H14ClNO3S. The van der Waals surface area contributed by atoms with Crippen LogP contribution in [0.3, 0.4) is 0 Å². The van der Waals surface area contributed by atoms with E-state index >= 15 is 0 Å². The Morgan fingerprint density at radius 3 is 2.73 bits per heavy atom. The van der Waals surface area contributed by atoms with Gasteiger partial charge < -0.3 is 14.3 Å². The van der Waals surface area contributed by atoms with E-state index in [1.54, 1.807) is 24.3 Å². The van der Waals surface area contributed by atoms with Crippen LogP contribution in [0.4, 0.5) is 0 Å². The van der Waals surface area contributed by atoms with Crippen molar-refractivity contribution in [3.8, 4) is 5.75 Å². The molecule has 114 valence electrons. The minimum Gasteiger partial charge on any atom is -0.491 e. The van der Waals surface area contributed by atoms with E-state index in [0.717, 1.165) is 11.1 Å². The largest absolute Gasteiger partial charge is 0.491 e. The number of oxazole rings is 1. The lowest BCUT2D eigenvalue weighted by Crippen LogP contribution is -2.20. The van der Waals surface area contributed by atoms with Crippen molar-refractivity contribution in [3.63, 3.8) is 0 Å². The highest BCUT2D eigenvalue weighted by molar-refractivity contribution is 7.99. The lowest BCUT2D eigenvalue weighted by atomic mass is 10.3.